The van der Waals surface area contributed by atoms with E-state index in [1.54, 1.807) is 5.38 Å². The van der Waals surface area contributed by atoms with Crippen LogP contribution in [0.25, 0.3) is 0 Å². The van der Waals surface area contributed by atoms with Crippen molar-refractivity contribution in [1.82, 2.24) is 9.97 Å². The van der Waals surface area contributed by atoms with Crippen molar-refractivity contribution in [2.45, 2.75) is 6.42 Å². The number of carbonyl (C=O) groups is 2. The van der Waals surface area contributed by atoms with Crippen LogP contribution >= 0.6 is 11.3 Å². The number of nitrogens with zero attached hydrogens (tertiary/aromatic N) is 2. The number of carboxylic acid groups (broad SMARTS) is 1. The minimum absolute atomic E-state index is 0.00454. The number of hydrogen-bond donors (Lipinski definition) is 3. The molecule has 1 amide bonds. The predicted octanol–water partition coefficient (Wildman–Crippen LogP) is 0.990. The first kappa shape index (κ1) is 14.1. The number of hydrogen-bond acceptors (Lipinski definition) is 6. The van der Waals surface area contributed by atoms with Crippen LogP contribution in [0.4, 0.5) is 5.69 Å². The molecular weight excluding hydrogens is 280 g/mol. The van der Waals surface area contributed by atoms with Crippen LogP contribution in [0.3, 0.4) is 0 Å². The van der Waals surface area contributed by atoms with Gasteiger partial charge in [-0.2, -0.15) is 0 Å². The van der Waals surface area contributed by atoms with Gasteiger partial charge in [0, 0.05) is 18.0 Å². The van der Waals surface area contributed by atoms with Gasteiger partial charge in [0.05, 0.1) is 22.5 Å². The van der Waals surface area contributed by atoms with Crippen LogP contribution in [-0.4, -0.2) is 33.5 Å². The van der Waals surface area contributed by atoms with E-state index >= 15 is 0 Å². The van der Waals surface area contributed by atoms with Crippen LogP contribution in [0.5, 0.6) is 0 Å². The number of anilines is 1. The van der Waals surface area contributed by atoms with Crippen LogP contribution in [0.1, 0.15) is 25.9 Å². The normalized spacial score (nSPS) is 10.2. The second kappa shape index (κ2) is 6.22. The van der Waals surface area contributed by atoms with E-state index in [1.165, 1.54) is 29.8 Å². The Hall–Kier alpha value is -2.32. The lowest BCUT2D eigenvalue weighted by atomic mass is 10.2. The van der Waals surface area contributed by atoms with Crippen molar-refractivity contribution >= 4 is 28.9 Å². The summed E-state index contributed by atoms with van der Waals surface area (Å²) in [5.74, 6) is -1.51. The summed E-state index contributed by atoms with van der Waals surface area (Å²) in [7, 11) is 0. The maximum absolute atomic E-state index is 11.9. The Morgan fingerprint density at radius 1 is 1.40 bits per heavy atom. The molecule has 104 valence electrons. The van der Waals surface area contributed by atoms with Gasteiger partial charge in [0.1, 0.15) is 5.69 Å². The average Bonchev–Trinajstić information content (AvgIpc) is 2.88. The molecule has 0 bridgehead atoms. The first-order valence-electron chi connectivity index (χ1n) is 5.74. The molecule has 7 nitrogen and oxygen atoms in total. The maximum atomic E-state index is 11.9. The number of aromatic nitrogens is 2. The molecule has 0 aliphatic rings. The van der Waals surface area contributed by atoms with Gasteiger partial charge in [0.15, 0.2) is 0 Å². The minimum atomic E-state index is -1.10. The van der Waals surface area contributed by atoms with Crippen molar-refractivity contribution in [3.63, 3.8) is 0 Å². The summed E-state index contributed by atoms with van der Waals surface area (Å²) in [6.45, 7) is 0.471. The lowest BCUT2D eigenvalue weighted by molar-refractivity contribution is 0.0696. The van der Waals surface area contributed by atoms with E-state index < -0.39 is 11.9 Å². The highest BCUT2D eigenvalue weighted by atomic mass is 32.1. The Morgan fingerprint density at radius 2 is 2.20 bits per heavy atom. The standard InChI is InChI=1S/C12H12N4O3S/c13-2-1-10-16-9(6-20-10)11(17)15-8-3-7(12(18)19)4-14-5-8/h3-6H,1-2,13H2,(H,15,17)(H,18,19). The number of carbonyl (C=O) groups excluding carboxylic acids is 1. The Morgan fingerprint density at radius 3 is 2.90 bits per heavy atom. The van der Waals surface area contributed by atoms with E-state index in [-0.39, 0.29) is 11.3 Å². The fraction of sp³-hybridized carbons (Fsp3) is 0.167. The first-order valence-corrected chi connectivity index (χ1v) is 6.62. The molecule has 2 aromatic heterocycles. The molecule has 20 heavy (non-hydrogen) atoms. The van der Waals surface area contributed by atoms with Gasteiger partial charge in [0.2, 0.25) is 0 Å². The molecule has 2 aromatic rings. The quantitative estimate of drug-likeness (QED) is 0.756. The molecule has 4 N–H and O–H groups in total. The Balaban J connectivity index is 2.10. The fourth-order valence-electron chi connectivity index (χ4n) is 1.47. The third-order valence-electron chi connectivity index (χ3n) is 2.39. The Kier molecular flexibility index (Phi) is 4.38. The molecular formula is C12H12N4O3S. The van der Waals surface area contributed by atoms with E-state index in [4.69, 9.17) is 10.8 Å². The molecule has 0 fully saturated rings. The minimum Gasteiger partial charge on any atom is -0.478 e. The SMILES string of the molecule is NCCc1nc(C(=O)Nc2cncc(C(=O)O)c2)cs1. The topological polar surface area (TPSA) is 118 Å². The smallest absolute Gasteiger partial charge is 0.337 e. The van der Waals surface area contributed by atoms with Crippen LogP contribution in [0.2, 0.25) is 0 Å². The van der Waals surface area contributed by atoms with Crippen molar-refractivity contribution in [2.24, 2.45) is 5.73 Å². The summed E-state index contributed by atoms with van der Waals surface area (Å²) in [5.41, 5.74) is 6.01. The molecule has 0 aromatic carbocycles. The largest absolute Gasteiger partial charge is 0.478 e. The highest BCUT2D eigenvalue weighted by Gasteiger charge is 2.12. The van der Waals surface area contributed by atoms with E-state index in [2.05, 4.69) is 15.3 Å². The summed E-state index contributed by atoms with van der Waals surface area (Å²) in [4.78, 5) is 30.6. The van der Waals surface area contributed by atoms with E-state index in [0.717, 1.165) is 5.01 Å². The van der Waals surface area contributed by atoms with Gasteiger partial charge in [-0.3, -0.25) is 9.78 Å². The third kappa shape index (κ3) is 3.37. The Bertz CT molecular complexity index is 641. The molecule has 0 saturated heterocycles. The lowest BCUT2D eigenvalue weighted by Gasteiger charge is -2.03. The predicted molar refractivity (Wildman–Crippen MR) is 74.0 cm³/mol. The zero-order valence-corrected chi connectivity index (χ0v) is 11.2. The molecule has 0 aliphatic heterocycles. The number of nitrogens with two attached hydrogens (primary N) is 1. The maximum Gasteiger partial charge on any atom is 0.337 e. The number of thiazole rings is 1. The monoisotopic (exact) mass is 292 g/mol. The van der Waals surface area contributed by atoms with Gasteiger partial charge in [0.25, 0.3) is 5.91 Å². The summed E-state index contributed by atoms with van der Waals surface area (Å²) in [5, 5.41) is 13.8. The first-order chi connectivity index (χ1) is 9.60. The highest BCUT2D eigenvalue weighted by molar-refractivity contribution is 7.09. The number of carboxylic acids is 1. The van der Waals surface area contributed by atoms with Crippen LogP contribution in [0, 0.1) is 0 Å². The zero-order chi connectivity index (χ0) is 14.5. The summed E-state index contributed by atoms with van der Waals surface area (Å²) >= 11 is 1.36. The molecule has 0 saturated carbocycles. The molecule has 0 spiro atoms. The lowest BCUT2D eigenvalue weighted by Crippen LogP contribution is -2.13. The molecule has 8 heteroatoms. The van der Waals surface area contributed by atoms with Gasteiger partial charge < -0.3 is 16.2 Å². The van der Waals surface area contributed by atoms with Gasteiger partial charge in [-0.25, -0.2) is 9.78 Å². The number of amides is 1. The van der Waals surface area contributed by atoms with Crippen molar-refractivity contribution in [3.8, 4) is 0 Å². The zero-order valence-electron chi connectivity index (χ0n) is 10.4. The number of aromatic carboxylic acids is 1. The fourth-order valence-corrected chi connectivity index (χ4v) is 2.27. The van der Waals surface area contributed by atoms with Gasteiger partial charge in [-0.15, -0.1) is 11.3 Å². The van der Waals surface area contributed by atoms with Gasteiger partial charge in [-0.05, 0) is 12.6 Å². The van der Waals surface area contributed by atoms with Gasteiger partial charge in [-0.1, -0.05) is 0 Å². The van der Waals surface area contributed by atoms with E-state index in [0.29, 0.717) is 18.7 Å². The van der Waals surface area contributed by atoms with Crippen molar-refractivity contribution in [2.75, 3.05) is 11.9 Å². The number of nitrogens with one attached hydrogen (secondary N) is 1. The molecule has 0 radical (unpaired) electrons. The highest BCUT2D eigenvalue weighted by Crippen LogP contribution is 2.13. The Labute approximate surface area is 118 Å². The second-order valence-corrected chi connectivity index (χ2v) is 4.83. The van der Waals surface area contributed by atoms with E-state index in [9.17, 15) is 9.59 Å². The molecule has 0 aliphatic carbocycles. The third-order valence-corrected chi connectivity index (χ3v) is 3.29. The van der Waals surface area contributed by atoms with Crippen molar-refractivity contribution < 1.29 is 14.7 Å². The van der Waals surface area contributed by atoms with Crippen LogP contribution < -0.4 is 11.1 Å². The van der Waals surface area contributed by atoms with E-state index in [1.807, 2.05) is 0 Å². The van der Waals surface area contributed by atoms with Crippen LogP contribution in [0.15, 0.2) is 23.8 Å². The summed E-state index contributed by atoms with van der Waals surface area (Å²) < 4.78 is 0. The van der Waals surface area contributed by atoms with Crippen LogP contribution in [-0.2, 0) is 6.42 Å². The summed E-state index contributed by atoms with van der Waals surface area (Å²) in [6.07, 6.45) is 3.20. The molecule has 0 atom stereocenters. The molecule has 2 rings (SSSR count). The number of rotatable bonds is 5. The van der Waals surface area contributed by atoms with Gasteiger partial charge >= 0.3 is 5.97 Å². The van der Waals surface area contributed by atoms with Crippen molar-refractivity contribution in [1.29, 1.82) is 0 Å². The van der Waals surface area contributed by atoms with Crippen molar-refractivity contribution in [3.05, 3.63) is 40.1 Å². The molecule has 2 heterocycles. The average molecular weight is 292 g/mol. The second-order valence-electron chi connectivity index (χ2n) is 3.89. The summed E-state index contributed by atoms with van der Waals surface area (Å²) in [6, 6.07) is 1.33. The number of pyridine rings is 1. The molecule has 0 unspecified atom stereocenters.